The Kier molecular flexibility index (Phi) is 9.70. The zero-order valence-electron chi connectivity index (χ0n) is 14.3. The summed E-state index contributed by atoms with van der Waals surface area (Å²) in [5, 5.41) is 6.64. The Balaban J connectivity index is 0.00000288. The summed E-state index contributed by atoms with van der Waals surface area (Å²) in [6.07, 6.45) is 2.85. The van der Waals surface area contributed by atoms with Gasteiger partial charge >= 0.3 is 0 Å². The molecule has 0 saturated carbocycles. The SMILES string of the molecule is CCOc1cc(CNC(=NC)NCc2ccc(CC)s2)ccn1.I. The molecule has 0 fully saturated rings. The minimum Gasteiger partial charge on any atom is -0.478 e. The fourth-order valence-electron chi connectivity index (χ4n) is 2.07. The van der Waals surface area contributed by atoms with E-state index >= 15 is 0 Å². The summed E-state index contributed by atoms with van der Waals surface area (Å²) < 4.78 is 5.41. The highest BCUT2D eigenvalue weighted by Gasteiger charge is 2.03. The number of halogens is 1. The Morgan fingerprint density at radius 3 is 2.58 bits per heavy atom. The smallest absolute Gasteiger partial charge is 0.213 e. The molecule has 2 aromatic heterocycles. The van der Waals surface area contributed by atoms with Crippen LogP contribution in [0.4, 0.5) is 0 Å². The molecule has 0 unspecified atom stereocenters. The molecular formula is C17H25IN4OS. The highest BCUT2D eigenvalue weighted by Crippen LogP contribution is 2.16. The molecule has 0 aliphatic heterocycles. The van der Waals surface area contributed by atoms with Crippen LogP contribution < -0.4 is 15.4 Å². The second-order valence-electron chi connectivity index (χ2n) is 4.94. The van der Waals surface area contributed by atoms with Crippen molar-refractivity contribution < 1.29 is 4.74 Å². The molecule has 0 spiro atoms. The molecule has 2 aromatic rings. The lowest BCUT2D eigenvalue weighted by molar-refractivity contribution is 0.326. The van der Waals surface area contributed by atoms with Gasteiger partial charge in [-0.25, -0.2) is 4.98 Å². The molecule has 0 atom stereocenters. The summed E-state index contributed by atoms with van der Waals surface area (Å²) in [7, 11) is 1.78. The first-order chi connectivity index (χ1) is 11.2. The van der Waals surface area contributed by atoms with Gasteiger partial charge in [0.2, 0.25) is 5.88 Å². The second-order valence-corrected chi connectivity index (χ2v) is 6.19. The molecule has 5 nitrogen and oxygen atoms in total. The monoisotopic (exact) mass is 460 g/mol. The van der Waals surface area contributed by atoms with Crippen LogP contribution in [0.15, 0.2) is 35.5 Å². The van der Waals surface area contributed by atoms with Gasteiger partial charge in [-0.05, 0) is 37.1 Å². The third kappa shape index (κ3) is 6.64. The van der Waals surface area contributed by atoms with E-state index in [-0.39, 0.29) is 24.0 Å². The minimum atomic E-state index is 0. The van der Waals surface area contributed by atoms with Crippen molar-refractivity contribution in [3.63, 3.8) is 0 Å². The molecule has 0 aliphatic carbocycles. The van der Waals surface area contributed by atoms with Crippen LogP contribution in [0, 0.1) is 0 Å². The van der Waals surface area contributed by atoms with Crippen molar-refractivity contribution >= 4 is 41.3 Å². The number of rotatable bonds is 7. The van der Waals surface area contributed by atoms with E-state index in [0.717, 1.165) is 24.5 Å². The predicted molar refractivity (Wildman–Crippen MR) is 112 cm³/mol. The van der Waals surface area contributed by atoms with Crippen molar-refractivity contribution in [1.29, 1.82) is 0 Å². The fourth-order valence-corrected chi connectivity index (χ4v) is 2.97. The first-order valence-electron chi connectivity index (χ1n) is 7.85. The van der Waals surface area contributed by atoms with Gasteiger partial charge in [0.1, 0.15) is 0 Å². The molecule has 0 aromatic carbocycles. The van der Waals surface area contributed by atoms with Crippen LogP contribution in [0.25, 0.3) is 0 Å². The topological polar surface area (TPSA) is 58.5 Å². The van der Waals surface area contributed by atoms with E-state index in [2.05, 4.69) is 39.7 Å². The van der Waals surface area contributed by atoms with E-state index in [1.54, 1.807) is 13.2 Å². The molecule has 0 saturated heterocycles. The number of aromatic nitrogens is 1. The molecule has 2 N–H and O–H groups in total. The molecule has 24 heavy (non-hydrogen) atoms. The number of aliphatic imine (C=N–C) groups is 1. The lowest BCUT2D eigenvalue weighted by Crippen LogP contribution is -2.36. The lowest BCUT2D eigenvalue weighted by atomic mass is 10.2. The first-order valence-corrected chi connectivity index (χ1v) is 8.66. The number of nitrogens with one attached hydrogen (secondary N) is 2. The molecule has 0 bridgehead atoms. The largest absolute Gasteiger partial charge is 0.478 e. The van der Waals surface area contributed by atoms with Crippen molar-refractivity contribution in [3.05, 3.63) is 45.8 Å². The van der Waals surface area contributed by atoms with Gasteiger partial charge in [0.15, 0.2) is 5.96 Å². The Morgan fingerprint density at radius 1 is 1.17 bits per heavy atom. The van der Waals surface area contributed by atoms with Crippen LogP contribution in [-0.2, 0) is 19.5 Å². The zero-order valence-corrected chi connectivity index (χ0v) is 17.5. The van der Waals surface area contributed by atoms with Crippen molar-refractivity contribution in [2.75, 3.05) is 13.7 Å². The first kappa shape index (κ1) is 20.7. The molecule has 2 rings (SSSR count). The number of hydrogen-bond donors (Lipinski definition) is 2. The average Bonchev–Trinajstić information content (AvgIpc) is 3.04. The van der Waals surface area contributed by atoms with E-state index in [1.807, 2.05) is 30.4 Å². The van der Waals surface area contributed by atoms with Gasteiger partial charge in [0.05, 0.1) is 13.2 Å². The Morgan fingerprint density at radius 2 is 1.92 bits per heavy atom. The van der Waals surface area contributed by atoms with Gasteiger partial charge < -0.3 is 15.4 Å². The molecular weight excluding hydrogens is 435 g/mol. The molecule has 0 aliphatic rings. The van der Waals surface area contributed by atoms with Crippen LogP contribution in [0.2, 0.25) is 0 Å². The maximum Gasteiger partial charge on any atom is 0.213 e. The zero-order chi connectivity index (χ0) is 16.5. The summed E-state index contributed by atoms with van der Waals surface area (Å²) in [5.74, 6) is 1.44. The van der Waals surface area contributed by atoms with Crippen molar-refractivity contribution in [3.8, 4) is 5.88 Å². The Bertz CT molecular complexity index is 645. The van der Waals surface area contributed by atoms with Gasteiger partial charge in [-0.1, -0.05) is 6.92 Å². The van der Waals surface area contributed by atoms with Crippen molar-refractivity contribution in [2.24, 2.45) is 4.99 Å². The van der Waals surface area contributed by atoms with Crippen LogP contribution in [0.3, 0.4) is 0 Å². The van der Waals surface area contributed by atoms with Crippen LogP contribution in [0.1, 0.15) is 29.2 Å². The van der Waals surface area contributed by atoms with E-state index in [9.17, 15) is 0 Å². The van der Waals surface area contributed by atoms with Gasteiger partial charge in [-0.15, -0.1) is 35.3 Å². The fraction of sp³-hybridized carbons (Fsp3) is 0.412. The van der Waals surface area contributed by atoms with Crippen molar-refractivity contribution in [1.82, 2.24) is 15.6 Å². The highest BCUT2D eigenvalue weighted by atomic mass is 127. The lowest BCUT2D eigenvalue weighted by Gasteiger charge is -2.11. The normalized spacial score (nSPS) is 10.9. The summed E-state index contributed by atoms with van der Waals surface area (Å²) in [4.78, 5) is 11.1. The van der Waals surface area contributed by atoms with E-state index in [1.165, 1.54) is 9.75 Å². The number of aryl methyl sites for hydroxylation is 1. The number of hydrogen-bond acceptors (Lipinski definition) is 4. The molecule has 2 heterocycles. The van der Waals surface area contributed by atoms with Gasteiger partial charge in [0.25, 0.3) is 0 Å². The van der Waals surface area contributed by atoms with E-state index < -0.39 is 0 Å². The number of pyridine rings is 1. The van der Waals surface area contributed by atoms with E-state index in [4.69, 9.17) is 4.74 Å². The number of nitrogens with zero attached hydrogens (tertiary/aromatic N) is 2. The summed E-state index contributed by atoms with van der Waals surface area (Å²) in [5.41, 5.74) is 1.11. The maximum atomic E-state index is 5.41. The highest BCUT2D eigenvalue weighted by molar-refractivity contribution is 14.0. The number of guanidine groups is 1. The predicted octanol–water partition coefficient (Wildman–Crippen LogP) is 3.59. The Hall–Kier alpha value is -1.35. The van der Waals surface area contributed by atoms with Gasteiger partial charge in [0, 0.05) is 35.6 Å². The number of thiophene rings is 1. The minimum absolute atomic E-state index is 0. The second kappa shape index (κ2) is 11.2. The van der Waals surface area contributed by atoms with Crippen LogP contribution in [0.5, 0.6) is 5.88 Å². The van der Waals surface area contributed by atoms with E-state index in [0.29, 0.717) is 19.0 Å². The summed E-state index contributed by atoms with van der Waals surface area (Å²) >= 11 is 1.84. The van der Waals surface area contributed by atoms with Gasteiger partial charge in [-0.3, -0.25) is 4.99 Å². The maximum absolute atomic E-state index is 5.41. The molecule has 0 amide bonds. The van der Waals surface area contributed by atoms with Crippen LogP contribution in [-0.4, -0.2) is 24.6 Å². The quantitative estimate of drug-likeness (QED) is 0.377. The molecule has 132 valence electrons. The molecule has 7 heteroatoms. The summed E-state index contributed by atoms with van der Waals surface area (Å²) in [6, 6.07) is 8.26. The standard InChI is InChI=1S/C17H24N4OS.HI/c1-4-14-6-7-15(23-14)12-21-17(18-3)20-11-13-8-9-19-16(10-13)22-5-2;/h6-10H,4-5,11-12H2,1-3H3,(H2,18,20,21);1H. The Labute approximate surface area is 165 Å². The average molecular weight is 460 g/mol. The number of ether oxygens (including phenoxy) is 1. The summed E-state index contributed by atoms with van der Waals surface area (Å²) in [6.45, 7) is 6.20. The third-order valence-corrected chi connectivity index (χ3v) is 4.50. The van der Waals surface area contributed by atoms with Crippen molar-refractivity contribution in [2.45, 2.75) is 33.4 Å². The van der Waals surface area contributed by atoms with Gasteiger partial charge in [-0.2, -0.15) is 0 Å². The molecule has 0 radical (unpaired) electrons. The third-order valence-electron chi connectivity index (χ3n) is 3.27. The van der Waals surface area contributed by atoms with Crippen LogP contribution >= 0.6 is 35.3 Å².